The fraction of sp³-hybridized carbons (Fsp3) is 0.273. The Hall–Kier alpha value is -3.96. The monoisotopic (exact) mass is 484 g/mol. The number of benzene rings is 2. The molecule has 0 aliphatic rings. The van der Waals surface area contributed by atoms with Gasteiger partial charge < -0.3 is 20.1 Å². The number of anilines is 2. The molecule has 2 rings (SSSR count). The van der Waals surface area contributed by atoms with Gasteiger partial charge in [0.05, 0.1) is 35.7 Å². The molecule has 0 fully saturated rings. The van der Waals surface area contributed by atoms with Gasteiger partial charge in [-0.1, -0.05) is 24.3 Å². The van der Waals surface area contributed by atoms with E-state index in [1.807, 2.05) is 0 Å². The largest absolute Gasteiger partial charge is 0.462 e. The molecular weight excluding hydrogens is 464 g/mol. The minimum atomic E-state index is -5.54. The summed E-state index contributed by atoms with van der Waals surface area (Å²) in [7, 11) is 0. The molecule has 2 N–H and O–H groups in total. The summed E-state index contributed by atoms with van der Waals surface area (Å²) in [5.41, 5.74) is -1.75. The van der Waals surface area contributed by atoms with Crippen molar-refractivity contribution in [3.8, 4) is 0 Å². The first kappa shape index (κ1) is 26.3. The smallest absolute Gasteiger partial charge is 0.396 e. The van der Waals surface area contributed by atoms with E-state index in [0.29, 0.717) is 0 Å². The zero-order valence-corrected chi connectivity index (χ0v) is 18.0. The number of carbonyl (C=O) groups is 4. The summed E-state index contributed by atoms with van der Waals surface area (Å²) < 4.78 is 67.3. The van der Waals surface area contributed by atoms with Gasteiger partial charge in [0, 0.05) is 0 Å². The molecule has 0 saturated heterocycles. The van der Waals surface area contributed by atoms with Gasteiger partial charge in [-0.3, -0.25) is 9.59 Å². The highest BCUT2D eigenvalue weighted by Gasteiger charge is 2.67. The molecule has 0 radical (unpaired) electrons. The van der Waals surface area contributed by atoms with Crippen LogP contribution >= 0.6 is 0 Å². The van der Waals surface area contributed by atoms with Crippen LogP contribution in [0.25, 0.3) is 0 Å². The average molecular weight is 484 g/mol. The number of alkyl halides is 4. The van der Waals surface area contributed by atoms with Gasteiger partial charge in [-0.05, 0) is 38.1 Å². The van der Waals surface area contributed by atoms with E-state index >= 15 is 0 Å². The van der Waals surface area contributed by atoms with Crippen LogP contribution in [0.3, 0.4) is 0 Å². The fourth-order valence-corrected chi connectivity index (χ4v) is 2.64. The summed E-state index contributed by atoms with van der Waals surface area (Å²) in [5.74, 6) is -18.1. The maximum absolute atomic E-state index is 14.5. The normalized spacial score (nSPS) is 11.4. The number of carbonyl (C=O) groups excluding carboxylic acids is 4. The summed E-state index contributed by atoms with van der Waals surface area (Å²) in [6.45, 7) is 2.82. The first-order valence-electron chi connectivity index (χ1n) is 9.88. The van der Waals surface area contributed by atoms with Gasteiger partial charge in [-0.15, -0.1) is 0 Å². The topological polar surface area (TPSA) is 111 Å². The molecule has 2 aromatic carbocycles. The number of ether oxygens (including phenoxy) is 2. The molecule has 0 saturated carbocycles. The molecule has 0 atom stereocenters. The Morgan fingerprint density at radius 1 is 0.676 bits per heavy atom. The minimum Gasteiger partial charge on any atom is -0.462 e. The SMILES string of the molecule is CCOC(=O)c1ccccc1NC(=O)C(F)(F)C(F)(F)C(=O)Nc1ccccc1C(=O)OCC. The third-order valence-corrected chi connectivity index (χ3v) is 4.31. The second kappa shape index (κ2) is 10.8. The Morgan fingerprint density at radius 3 is 1.32 bits per heavy atom. The van der Waals surface area contributed by atoms with Gasteiger partial charge in [-0.2, -0.15) is 17.6 Å². The molecule has 0 unspecified atom stereocenters. The second-order valence-corrected chi connectivity index (χ2v) is 6.59. The van der Waals surface area contributed by atoms with Crippen molar-refractivity contribution in [3.05, 3.63) is 59.7 Å². The van der Waals surface area contributed by atoms with Crippen molar-refractivity contribution in [1.82, 2.24) is 0 Å². The molecule has 0 aliphatic heterocycles. The molecule has 2 aromatic rings. The van der Waals surface area contributed by atoms with Crippen LogP contribution in [0.5, 0.6) is 0 Å². The lowest BCUT2D eigenvalue weighted by molar-refractivity contribution is -0.204. The maximum Gasteiger partial charge on any atom is 0.396 e. The van der Waals surface area contributed by atoms with Gasteiger partial charge in [0.15, 0.2) is 0 Å². The summed E-state index contributed by atoms with van der Waals surface area (Å²) in [6, 6.07) is 9.49. The predicted molar refractivity (Wildman–Crippen MR) is 112 cm³/mol. The van der Waals surface area contributed by atoms with Crippen LogP contribution in [0, 0.1) is 0 Å². The number of hydrogen-bond donors (Lipinski definition) is 2. The quantitative estimate of drug-likeness (QED) is 0.413. The lowest BCUT2D eigenvalue weighted by atomic mass is 10.1. The lowest BCUT2D eigenvalue weighted by Gasteiger charge is -2.25. The number of rotatable bonds is 9. The Bertz CT molecular complexity index is 1010. The van der Waals surface area contributed by atoms with E-state index in [4.69, 9.17) is 9.47 Å². The highest BCUT2D eigenvalue weighted by Crippen LogP contribution is 2.37. The van der Waals surface area contributed by atoms with E-state index in [9.17, 15) is 36.7 Å². The van der Waals surface area contributed by atoms with Crippen LogP contribution in [-0.4, -0.2) is 48.8 Å². The predicted octanol–water partition coefficient (Wildman–Crippen LogP) is 3.89. The van der Waals surface area contributed by atoms with E-state index in [2.05, 4.69) is 0 Å². The zero-order chi connectivity index (χ0) is 25.5. The Labute approximate surface area is 191 Å². The molecular formula is C22H20F4N2O6. The third kappa shape index (κ3) is 5.50. The number of esters is 2. The number of nitrogens with one attached hydrogen (secondary N) is 2. The molecule has 182 valence electrons. The van der Waals surface area contributed by atoms with E-state index < -0.39 is 47.0 Å². The standard InChI is InChI=1S/C22H20F4N2O6/c1-3-33-17(29)13-9-5-7-11-15(13)27-19(31)21(23,24)22(25,26)20(32)28-16-12-8-6-10-14(16)18(30)34-4-2/h5-12H,3-4H2,1-2H3,(H,27,31)(H,28,32). The molecule has 0 aromatic heterocycles. The first-order chi connectivity index (χ1) is 16.0. The lowest BCUT2D eigenvalue weighted by Crippen LogP contribution is -2.56. The van der Waals surface area contributed by atoms with Gasteiger partial charge >= 0.3 is 35.6 Å². The van der Waals surface area contributed by atoms with Crippen LogP contribution in [-0.2, 0) is 19.1 Å². The summed E-state index contributed by atoms with van der Waals surface area (Å²) in [4.78, 5) is 48.0. The summed E-state index contributed by atoms with van der Waals surface area (Å²) in [5, 5.41) is 3.07. The number of hydrogen-bond acceptors (Lipinski definition) is 6. The highest BCUT2D eigenvalue weighted by molar-refractivity contribution is 6.09. The van der Waals surface area contributed by atoms with Crippen molar-refractivity contribution < 1.29 is 46.2 Å². The van der Waals surface area contributed by atoms with Crippen molar-refractivity contribution in [2.75, 3.05) is 23.8 Å². The number of amides is 2. The maximum atomic E-state index is 14.5. The van der Waals surface area contributed by atoms with Crippen molar-refractivity contribution in [1.29, 1.82) is 0 Å². The average Bonchev–Trinajstić information content (AvgIpc) is 2.79. The van der Waals surface area contributed by atoms with Gasteiger partial charge in [-0.25, -0.2) is 9.59 Å². The van der Waals surface area contributed by atoms with Gasteiger partial charge in [0.1, 0.15) is 0 Å². The zero-order valence-electron chi connectivity index (χ0n) is 18.0. The highest BCUT2D eigenvalue weighted by atomic mass is 19.3. The van der Waals surface area contributed by atoms with E-state index in [1.165, 1.54) is 48.7 Å². The Kier molecular flexibility index (Phi) is 8.33. The molecule has 8 nitrogen and oxygen atoms in total. The van der Waals surface area contributed by atoms with E-state index in [-0.39, 0.29) is 24.3 Å². The van der Waals surface area contributed by atoms with Crippen LogP contribution < -0.4 is 10.6 Å². The van der Waals surface area contributed by atoms with Crippen LogP contribution in [0.1, 0.15) is 34.6 Å². The fourth-order valence-electron chi connectivity index (χ4n) is 2.64. The first-order valence-corrected chi connectivity index (χ1v) is 9.88. The van der Waals surface area contributed by atoms with Crippen molar-refractivity contribution in [2.45, 2.75) is 25.7 Å². The van der Waals surface area contributed by atoms with Crippen LogP contribution in [0.15, 0.2) is 48.5 Å². The summed E-state index contributed by atoms with van der Waals surface area (Å²) in [6.07, 6.45) is 0. The molecule has 0 bridgehead atoms. The van der Waals surface area contributed by atoms with Crippen molar-refractivity contribution >= 4 is 35.1 Å². The van der Waals surface area contributed by atoms with Crippen molar-refractivity contribution in [2.24, 2.45) is 0 Å². The molecule has 0 aliphatic carbocycles. The molecule has 0 spiro atoms. The number of halogens is 4. The van der Waals surface area contributed by atoms with Gasteiger partial charge in [0.25, 0.3) is 0 Å². The molecule has 2 amide bonds. The second-order valence-electron chi connectivity index (χ2n) is 6.59. The molecule has 0 heterocycles. The van der Waals surface area contributed by atoms with E-state index in [0.717, 1.165) is 24.3 Å². The Morgan fingerprint density at radius 2 is 1.00 bits per heavy atom. The summed E-state index contributed by atoms with van der Waals surface area (Å²) >= 11 is 0. The van der Waals surface area contributed by atoms with Crippen LogP contribution in [0.4, 0.5) is 28.9 Å². The minimum absolute atomic E-state index is 0.0667. The molecule has 12 heteroatoms. The van der Waals surface area contributed by atoms with Crippen molar-refractivity contribution in [3.63, 3.8) is 0 Å². The molecule has 34 heavy (non-hydrogen) atoms. The number of para-hydroxylation sites is 2. The third-order valence-electron chi connectivity index (χ3n) is 4.31. The van der Waals surface area contributed by atoms with E-state index in [1.54, 1.807) is 0 Å². The Balaban J connectivity index is 2.28. The van der Waals surface area contributed by atoms with Crippen LogP contribution in [0.2, 0.25) is 0 Å². The van der Waals surface area contributed by atoms with Gasteiger partial charge in [0.2, 0.25) is 0 Å².